The number of benzene rings is 1. The molecule has 6 heteroatoms. The van der Waals surface area contributed by atoms with E-state index >= 15 is 0 Å². The largest absolute Gasteiger partial charge is 0.481 e. The molecule has 1 N–H and O–H groups in total. The zero-order chi connectivity index (χ0) is 20.1. The molecule has 0 aliphatic carbocycles. The molecule has 2 heterocycles. The van der Waals surface area contributed by atoms with Gasteiger partial charge < -0.3 is 14.5 Å². The SMILES string of the molecule is Cc1ccc(C(C)C)c(OC(C)C(=O)NCC(c2ccco2)N2CCCC2)c1.Cl. The lowest BCUT2D eigenvalue weighted by Crippen LogP contribution is -2.42. The van der Waals surface area contributed by atoms with Crippen LogP contribution in [0, 0.1) is 6.92 Å². The maximum absolute atomic E-state index is 12.7. The fourth-order valence-corrected chi connectivity index (χ4v) is 3.75. The number of carbonyl (C=O) groups is 1. The Morgan fingerprint density at radius 3 is 2.55 bits per heavy atom. The minimum atomic E-state index is -0.560. The smallest absolute Gasteiger partial charge is 0.260 e. The van der Waals surface area contributed by atoms with Crippen LogP contribution in [0.25, 0.3) is 0 Å². The maximum atomic E-state index is 12.7. The minimum absolute atomic E-state index is 0. The Hall–Kier alpha value is -1.98. The zero-order valence-corrected chi connectivity index (χ0v) is 18.6. The van der Waals surface area contributed by atoms with Crippen LogP contribution in [0.15, 0.2) is 41.0 Å². The summed E-state index contributed by atoms with van der Waals surface area (Å²) in [5.41, 5.74) is 2.25. The summed E-state index contributed by atoms with van der Waals surface area (Å²) in [6.07, 6.45) is 3.51. The van der Waals surface area contributed by atoms with Crippen LogP contribution in [0.1, 0.15) is 62.5 Å². The van der Waals surface area contributed by atoms with Crippen LogP contribution < -0.4 is 10.1 Å². The molecule has 1 aromatic carbocycles. The second-order valence-corrected chi connectivity index (χ2v) is 7.98. The number of nitrogens with one attached hydrogen (secondary N) is 1. The number of hydrogen-bond donors (Lipinski definition) is 1. The summed E-state index contributed by atoms with van der Waals surface area (Å²) in [5, 5.41) is 3.07. The molecule has 1 aliphatic heterocycles. The summed E-state index contributed by atoms with van der Waals surface area (Å²) in [7, 11) is 0. The van der Waals surface area contributed by atoms with Gasteiger partial charge in [0.2, 0.25) is 0 Å². The molecule has 0 bridgehead atoms. The highest BCUT2D eigenvalue weighted by atomic mass is 35.5. The van der Waals surface area contributed by atoms with Gasteiger partial charge in [-0.3, -0.25) is 9.69 Å². The molecule has 1 amide bonds. The normalized spacial score (nSPS) is 16.3. The van der Waals surface area contributed by atoms with Crippen molar-refractivity contribution in [1.82, 2.24) is 10.2 Å². The second-order valence-electron chi connectivity index (χ2n) is 7.98. The third-order valence-corrected chi connectivity index (χ3v) is 5.39. The van der Waals surface area contributed by atoms with Crippen molar-refractivity contribution < 1.29 is 13.9 Å². The van der Waals surface area contributed by atoms with Gasteiger partial charge in [-0.2, -0.15) is 0 Å². The van der Waals surface area contributed by atoms with E-state index in [1.807, 2.05) is 25.1 Å². The van der Waals surface area contributed by atoms with Gasteiger partial charge >= 0.3 is 0 Å². The van der Waals surface area contributed by atoms with Crippen molar-refractivity contribution in [2.75, 3.05) is 19.6 Å². The molecule has 2 aromatic rings. The molecule has 0 saturated carbocycles. The molecule has 3 rings (SSSR count). The molecule has 1 fully saturated rings. The Balaban J connectivity index is 0.00000300. The van der Waals surface area contributed by atoms with Crippen LogP contribution in [0.4, 0.5) is 0 Å². The fraction of sp³-hybridized carbons (Fsp3) is 0.522. The van der Waals surface area contributed by atoms with Gasteiger partial charge in [0.25, 0.3) is 5.91 Å². The van der Waals surface area contributed by atoms with E-state index in [1.54, 1.807) is 13.2 Å². The highest BCUT2D eigenvalue weighted by Crippen LogP contribution is 2.28. The minimum Gasteiger partial charge on any atom is -0.481 e. The fourth-order valence-electron chi connectivity index (χ4n) is 3.75. The summed E-state index contributed by atoms with van der Waals surface area (Å²) in [5.74, 6) is 1.92. The number of aryl methyl sites for hydroxylation is 1. The number of ether oxygens (including phenoxy) is 1. The molecule has 29 heavy (non-hydrogen) atoms. The van der Waals surface area contributed by atoms with Crippen molar-refractivity contribution in [3.63, 3.8) is 0 Å². The molecule has 1 aromatic heterocycles. The lowest BCUT2D eigenvalue weighted by atomic mass is 10.0. The molecule has 0 radical (unpaired) electrons. The van der Waals surface area contributed by atoms with E-state index in [9.17, 15) is 4.79 Å². The van der Waals surface area contributed by atoms with Gasteiger partial charge in [0.15, 0.2) is 6.10 Å². The van der Waals surface area contributed by atoms with Crippen molar-refractivity contribution in [3.05, 3.63) is 53.5 Å². The van der Waals surface area contributed by atoms with Crippen LogP contribution in [0.2, 0.25) is 0 Å². The van der Waals surface area contributed by atoms with E-state index < -0.39 is 6.10 Å². The first-order valence-electron chi connectivity index (χ1n) is 10.3. The lowest BCUT2D eigenvalue weighted by molar-refractivity contribution is -0.127. The van der Waals surface area contributed by atoms with Crippen LogP contribution in [-0.4, -0.2) is 36.5 Å². The van der Waals surface area contributed by atoms with Gasteiger partial charge in [-0.15, -0.1) is 12.4 Å². The highest BCUT2D eigenvalue weighted by molar-refractivity contribution is 5.85. The number of halogens is 1. The monoisotopic (exact) mass is 420 g/mol. The van der Waals surface area contributed by atoms with Crippen LogP contribution in [-0.2, 0) is 4.79 Å². The first-order valence-corrected chi connectivity index (χ1v) is 10.3. The van der Waals surface area contributed by atoms with Gasteiger partial charge in [-0.1, -0.05) is 26.0 Å². The Morgan fingerprint density at radius 2 is 1.93 bits per heavy atom. The summed E-state index contributed by atoms with van der Waals surface area (Å²) >= 11 is 0. The topological polar surface area (TPSA) is 54.7 Å². The Kier molecular flexibility index (Phi) is 8.60. The Bertz CT molecular complexity index is 770. The van der Waals surface area contributed by atoms with E-state index in [-0.39, 0.29) is 24.4 Å². The third-order valence-electron chi connectivity index (χ3n) is 5.39. The van der Waals surface area contributed by atoms with E-state index in [1.165, 1.54) is 12.8 Å². The predicted octanol–water partition coefficient (Wildman–Crippen LogP) is 4.85. The standard InChI is InChI=1S/C23H32N2O3.ClH/c1-16(2)19-10-9-17(3)14-22(19)28-18(4)23(26)24-15-20(21-8-7-13-27-21)25-11-5-6-12-25;/h7-10,13-14,16,18,20H,5-6,11-12,15H2,1-4H3,(H,24,26);1H. The number of hydrogen-bond acceptors (Lipinski definition) is 4. The molecule has 1 aliphatic rings. The first kappa shape index (κ1) is 23.3. The summed E-state index contributed by atoms with van der Waals surface area (Å²) in [6.45, 7) is 10.7. The number of amides is 1. The van der Waals surface area contributed by atoms with Crippen molar-refractivity contribution in [3.8, 4) is 5.75 Å². The average molecular weight is 421 g/mol. The van der Waals surface area contributed by atoms with Crippen molar-refractivity contribution in [2.24, 2.45) is 0 Å². The number of rotatable bonds is 8. The number of likely N-dealkylation sites (tertiary alicyclic amines) is 1. The molecule has 5 nitrogen and oxygen atoms in total. The maximum Gasteiger partial charge on any atom is 0.260 e. The van der Waals surface area contributed by atoms with E-state index in [0.717, 1.165) is 35.7 Å². The molecule has 0 spiro atoms. The first-order chi connectivity index (χ1) is 13.5. The van der Waals surface area contributed by atoms with E-state index in [0.29, 0.717) is 12.5 Å². The van der Waals surface area contributed by atoms with Gasteiger partial charge in [-0.25, -0.2) is 0 Å². The van der Waals surface area contributed by atoms with Gasteiger partial charge in [-0.05, 0) is 75.0 Å². The lowest BCUT2D eigenvalue weighted by Gasteiger charge is -2.27. The molecule has 1 saturated heterocycles. The summed E-state index contributed by atoms with van der Waals surface area (Å²) in [4.78, 5) is 15.1. The van der Waals surface area contributed by atoms with Crippen molar-refractivity contribution in [1.29, 1.82) is 0 Å². The summed E-state index contributed by atoms with van der Waals surface area (Å²) in [6, 6.07) is 10.1. The molecular weight excluding hydrogens is 388 g/mol. The van der Waals surface area contributed by atoms with Gasteiger partial charge in [0, 0.05) is 6.54 Å². The molecule has 2 unspecified atom stereocenters. The predicted molar refractivity (Wildman–Crippen MR) is 118 cm³/mol. The zero-order valence-electron chi connectivity index (χ0n) is 17.8. The molecule has 2 atom stereocenters. The second kappa shape index (κ2) is 10.7. The van der Waals surface area contributed by atoms with Crippen molar-refractivity contribution in [2.45, 2.75) is 58.6 Å². The van der Waals surface area contributed by atoms with E-state index in [2.05, 4.69) is 36.2 Å². The van der Waals surface area contributed by atoms with Crippen molar-refractivity contribution >= 4 is 18.3 Å². The third kappa shape index (κ3) is 6.00. The average Bonchev–Trinajstić information content (AvgIpc) is 3.36. The molecule has 160 valence electrons. The number of furan rings is 1. The quantitative estimate of drug-likeness (QED) is 0.662. The van der Waals surface area contributed by atoms with Crippen LogP contribution >= 0.6 is 12.4 Å². The highest BCUT2D eigenvalue weighted by Gasteiger charge is 2.27. The number of carbonyl (C=O) groups excluding carboxylic acids is 1. The summed E-state index contributed by atoms with van der Waals surface area (Å²) < 4.78 is 11.7. The Morgan fingerprint density at radius 1 is 1.21 bits per heavy atom. The number of nitrogens with zero attached hydrogens (tertiary/aromatic N) is 1. The van der Waals surface area contributed by atoms with Crippen LogP contribution in [0.3, 0.4) is 0 Å². The van der Waals surface area contributed by atoms with Gasteiger partial charge in [0.1, 0.15) is 11.5 Å². The molecular formula is C23H33ClN2O3. The van der Waals surface area contributed by atoms with E-state index in [4.69, 9.17) is 9.15 Å². The van der Waals surface area contributed by atoms with Crippen LogP contribution in [0.5, 0.6) is 5.75 Å². The van der Waals surface area contributed by atoms with Gasteiger partial charge in [0.05, 0.1) is 12.3 Å². The Labute approximate surface area is 180 Å².